The predicted octanol–water partition coefficient (Wildman–Crippen LogP) is 6.93. The van der Waals surface area contributed by atoms with E-state index in [9.17, 15) is 14.7 Å². The van der Waals surface area contributed by atoms with Crippen molar-refractivity contribution in [2.75, 3.05) is 0 Å². The molecule has 0 bridgehead atoms. The molecule has 1 atom stereocenters. The molecule has 2 N–H and O–H groups in total. The number of rotatable bonds is 9. The van der Waals surface area contributed by atoms with E-state index in [1.807, 2.05) is 28.8 Å². The number of fused-ring (bicyclic) bond motifs is 3. The number of aliphatic imine (C=N–C) groups is 1. The second-order valence-electron chi connectivity index (χ2n) is 9.18. The van der Waals surface area contributed by atoms with E-state index in [2.05, 4.69) is 28.5 Å². The number of nitrogens with zero attached hydrogens (tertiary/aromatic N) is 4. The molecule has 0 aliphatic carbocycles. The summed E-state index contributed by atoms with van der Waals surface area (Å²) >= 11 is 20.4. The zero-order valence-electron chi connectivity index (χ0n) is 21.3. The van der Waals surface area contributed by atoms with E-state index >= 15 is 0 Å². The van der Waals surface area contributed by atoms with E-state index in [-0.39, 0.29) is 18.0 Å². The van der Waals surface area contributed by atoms with Crippen molar-refractivity contribution in [3.05, 3.63) is 96.8 Å². The van der Waals surface area contributed by atoms with Gasteiger partial charge in [-0.2, -0.15) is 0 Å². The number of thiophene rings is 1. The van der Waals surface area contributed by atoms with Crippen LogP contribution in [0.3, 0.4) is 0 Å². The lowest BCUT2D eigenvalue weighted by Crippen LogP contribution is -2.31. The highest BCUT2D eigenvalue weighted by Crippen LogP contribution is 2.36. The van der Waals surface area contributed by atoms with Crippen molar-refractivity contribution in [2.24, 2.45) is 4.99 Å². The molecule has 1 amide bonds. The number of nitrogens with one attached hydrogen (secondary N) is 1. The molecule has 5 rings (SSSR count). The minimum atomic E-state index is -0.916. The molecule has 206 valence electrons. The van der Waals surface area contributed by atoms with Crippen LogP contribution in [0.15, 0.2) is 53.5 Å². The normalized spacial score (nSPS) is 13.2. The third kappa shape index (κ3) is 5.78. The van der Waals surface area contributed by atoms with Crippen molar-refractivity contribution in [3.8, 4) is 5.00 Å². The maximum absolute atomic E-state index is 13.3. The summed E-state index contributed by atoms with van der Waals surface area (Å²) in [6.07, 6.45) is 1.42. The van der Waals surface area contributed by atoms with Crippen molar-refractivity contribution in [1.29, 1.82) is 0 Å². The number of carboxylic acids is 1. The number of carbonyl (C=O) groups is 2. The van der Waals surface area contributed by atoms with Gasteiger partial charge in [0.25, 0.3) is 5.91 Å². The number of halogens is 3. The summed E-state index contributed by atoms with van der Waals surface area (Å²) in [7, 11) is 0. The predicted molar refractivity (Wildman–Crippen MR) is 158 cm³/mol. The van der Waals surface area contributed by atoms with Gasteiger partial charge in [0.2, 0.25) is 0 Å². The first-order chi connectivity index (χ1) is 19.3. The van der Waals surface area contributed by atoms with Gasteiger partial charge in [0.05, 0.1) is 21.8 Å². The van der Waals surface area contributed by atoms with Gasteiger partial charge < -0.3 is 10.4 Å². The Morgan fingerprint density at radius 1 is 1.05 bits per heavy atom. The summed E-state index contributed by atoms with van der Waals surface area (Å²) in [5.41, 5.74) is 2.80. The molecular formula is C28H24Cl3N5O3S. The standard InChI is InChI=1S/C28H24Cl3N5O3S/c1-2-16-13-18-25(17-6-3-4-7-19(17)29)32-14-23-34-35-26(36(23)28(18)40-16)22(8-5-9-24(37)38)33-27(39)15-10-11-20(30)21(31)12-15/h3-4,6-7,10-13,22H,2,5,8-9,14H2,1H3,(H,33,39)(H,37,38)/t22-/m1/s1. The molecule has 2 aromatic heterocycles. The Balaban J connectivity index is 1.58. The molecule has 3 heterocycles. The van der Waals surface area contributed by atoms with Gasteiger partial charge in [-0.15, -0.1) is 21.5 Å². The smallest absolute Gasteiger partial charge is 0.303 e. The van der Waals surface area contributed by atoms with Gasteiger partial charge in [0.1, 0.15) is 11.5 Å². The Morgan fingerprint density at radius 3 is 2.58 bits per heavy atom. The van der Waals surface area contributed by atoms with Crippen LogP contribution in [-0.4, -0.2) is 37.5 Å². The van der Waals surface area contributed by atoms with Crippen molar-refractivity contribution >= 4 is 63.7 Å². The van der Waals surface area contributed by atoms with Gasteiger partial charge in [-0.05, 0) is 49.6 Å². The molecule has 0 saturated carbocycles. The van der Waals surface area contributed by atoms with Gasteiger partial charge >= 0.3 is 5.97 Å². The third-order valence-corrected chi connectivity index (χ3v) is 8.85. The van der Waals surface area contributed by atoms with Gasteiger partial charge in [-0.1, -0.05) is 59.9 Å². The van der Waals surface area contributed by atoms with E-state index in [1.54, 1.807) is 23.5 Å². The Kier molecular flexibility index (Phi) is 8.56. The molecule has 0 spiro atoms. The van der Waals surface area contributed by atoms with Crippen LogP contribution in [0.2, 0.25) is 15.1 Å². The summed E-state index contributed by atoms with van der Waals surface area (Å²) in [5, 5.41) is 23.3. The molecule has 0 unspecified atom stereocenters. The Morgan fingerprint density at radius 2 is 1.85 bits per heavy atom. The third-order valence-electron chi connectivity index (χ3n) is 6.52. The van der Waals surface area contributed by atoms with E-state index in [4.69, 9.17) is 39.8 Å². The number of hydrogen-bond acceptors (Lipinski definition) is 6. The van der Waals surface area contributed by atoms with Gasteiger partial charge in [-0.25, -0.2) is 0 Å². The number of aromatic nitrogens is 3. The van der Waals surface area contributed by atoms with Gasteiger partial charge in [0.15, 0.2) is 11.6 Å². The second kappa shape index (κ2) is 12.1. The monoisotopic (exact) mass is 615 g/mol. The molecule has 1 aliphatic rings. The fourth-order valence-electron chi connectivity index (χ4n) is 4.54. The first-order valence-corrected chi connectivity index (χ1v) is 14.6. The number of hydrogen-bond donors (Lipinski definition) is 2. The van der Waals surface area contributed by atoms with Crippen molar-refractivity contribution in [3.63, 3.8) is 0 Å². The number of carbonyl (C=O) groups excluding carboxylic acids is 1. The largest absolute Gasteiger partial charge is 0.481 e. The Bertz CT molecular complexity index is 1630. The number of aryl methyl sites for hydroxylation is 1. The first-order valence-electron chi connectivity index (χ1n) is 12.6. The molecule has 40 heavy (non-hydrogen) atoms. The summed E-state index contributed by atoms with van der Waals surface area (Å²) in [5.74, 6) is -0.205. The molecule has 1 aliphatic heterocycles. The molecule has 4 aromatic rings. The van der Waals surface area contributed by atoms with E-state index in [1.165, 1.54) is 6.07 Å². The number of carboxylic acid groups (broad SMARTS) is 1. The van der Waals surface area contributed by atoms with Crippen LogP contribution >= 0.6 is 46.1 Å². The highest BCUT2D eigenvalue weighted by atomic mass is 35.5. The van der Waals surface area contributed by atoms with E-state index < -0.39 is 17.9 Å². The van der Waals surface area contributed by atoms with Crippen LogP contribution in [-0.2, 0) is 17.8 Å². The average molecular weight is 617 g/mol. The van der Waals surface area contributed by atoms with Crippen LogP contribution in [0.4, 0.5) is 0 Å². The minimum Gasteiger partial charge on any atom is -0.481 e. The van der Waals surface area contributed by atoms with Crippen LogP contribution in [0.5, 0.6) is 0 Å². The summed E-state index contributed by atoms with van der Waals surface area (Å²) < 4.78 is 1.94. The first kappa shape index (κ1) is 28.3. The summed E-state index contributed by atoms with van der Waals surface area (Å²) in [6.45, 7) is 2.33. The van der Waals surface area contributed by atoms with E-state index in [0.717, 1.165) is 33.1 Å². The van der Waals surface area contributed by atoms with Gasteiger partial charge in [-0.3, -0.25) is 19.1 Å². The second-order valence-corrected chi connectivity index (χ2v) is 11.5. The molecule has 0 fully saturated rings. The zero-order chi connectivity index (χ0) is 28.4. The fourth-order valence-corrected chi connectivity index (χ4v) is 6.19. The average Bonchev–Trinajstić information content (AvgIpc) is 3.51. The summed E-state index contributed by atoms with van der Waals surface area (Å²) in [4.78, 5) is 30.6. The fraction of sp³-hybridized carbons (Fsp3) is 0.250. The number of amides is 1. The molecule has 0 saturated heterocycles. The molecule has 0 radical (unpaired) electrons. The topological polar surface area (TPSA) is 109 Å². The number of benzene rings is 2. The van der Waals surface area contributed by atoms with Gasteiger partial charge in [0, 0.05) is 33.0 Å². The summed E-state index contributed by atoms with van der Waals surface area (Å²) in [6, 6.07) is 13.7. The molecule has 12 heteroatoms. The SMILES string of the molecule is CCc1cc2c(s1)-n1c(nnc1[C@@H](CCCC(=O)O)NC(=O)c1ccc(Cl)c(Cl)c1)CN=C2c1ccccc1Cl. The molecular weight excluding hydrogens is 593 g/mol. The molecule has 8 nitrogen and oxygen atoms in total. The van der Waals surface area contributed by atoms with Crippen molar-refractivity contribution in [1.82, 2.24) is 20.1 Å². The Hall–Kier alpha value is -3.24. The maximum Gasteiger partial charge on any atom is 0.303 e. The highest BCUT2D eigenvalue weighted by Gasteiger charge is 2.30. The Labute approximate surface area is 249 Å². The lowest BCUT2D eigenvalue weighted by Gasteiger charge is -2.19. The quantitative estimate of drug-likeness (QED) is 0.212. The van der Waals surface area contributed by atoms with Crippen molar-refractivity contribution in [2.45, 2.75) is 45.2 Å². The lowest BCUT2D eigenvalue weighted by molar-refractivity contribution is -0.137. The van der Waals surface area contributed by atoms with Crippen LogP contribution in [0.1, 0.15) is 70.2 Å². The maximum atomic E-state index is 13.3. The van der Waals surface area contributed by atoms with Crippen LogP contribution in [0, 0.1) is 0 Å². The highest BCUT2D eigenvalue weighted by molar-refractivity contribution is 7.15. The van der Waals surface area contributed by atoms with E-state index in [0.29, 0.717) is 40.1 Å². The van der Waals surface area contributed by atoms with Crippen LogP contribution < -0.4 is 5.32 Å². The van der Waals surface area contributed by atoms with Crippen LogP contribution in [0.25, 0.3) is 5.00 Å². The lowest BCUT2D eigenvalue weighted by atomic mass is 10.0. The number of aliphatic carboxylic acids is 1. The zero-order valence-corrected chi connectivity index (χ0v) is 24.4. The molecule has 2 aromatic carbocycles. The minimum absolute atomic E-state index is 0.0515. The van der Waals surface area contributed by atoms with Crippen molar-refractivity contribution < 1.29 is 14.7 Å².